The number of anilines is 4. The van der Waals surface area contributed by atoms with Gasteiger partial charge in [0.25, 0.3) is 0 Å². The third-order valence-corrected chi connectivity index (χ3v) is 4.28. The van der Waals surface area contributed by atoms with E-state index in [9.17, 15) is 4.79 Å². The maximum Gasteiger partial charge on any atom is 0.227 e. The van der Waals surface area contributed by atoms with E-state index in [2.05, 4.69) is 39.3 Å². The molecule has 25 heavy (non-hydrogen) atoms. The van der Waals surface area contributed by atoms with Gasteiger partial charge >= 0.3 is 0 Å². The smallest absolute Gasteiger partial charge is 0.227 e. The maximum atomic E-state index is 11.8. The van der Waals surface area contributed by atoms with E-state index in [1.807, 2.05) is 37.3 Å². The van der Waals surface area contributed by atoms with Crippen LogP contribution in [0.25, 0.3) is 0 Å². The first kappa shape index (κ1) is 17.2. The van der Waals surface area contributed by atoms with Gasteiger partial charge in [0, 0.05) is 36.4 Å². The van der Waals surface area contributed by atoms with Gasteiger partial charge in [-0.15, -0.1) is 0 Å². The van der Waals surface area contributed by atoms with Crippen LogP contribution in [-0.2, 0) is 4.79 Å². The molecule has 0 atom stereocenters. The summed E-state index contributed by atoms with van der Waals surface area (Å²) in [6.45, 7) is 7.93. The third kappa shape index (κ3) is 4.47. The fourth-order valence-corrected chi connectivity index (χ4v) is 2.70. The van der Waals surface area contributed by atoms with Crippen molar-refractivity contribution in [2.24, 2.45) is 5.92 Å². The summed E-state index contributed by atoms with van der Waals surface area (Å²) in [5.41, 5.74) is 1.75. The van der Waals surface area contributed by atoms with Crippen LogP contribution in [0, 0.1) is 12.8 Å². The van der Waals surface area contributed by atoms with Crippen LogP contribution in [0.15, 0.2) is 30.3 Å². The van der Waals surface area contributed by atoms with E-state index in [-0.39, 0.29) is 11.8 Å². The zero-order chi connectivity index (χ0) is 17.8. The van der Waals surface area contributed by atoms with Crippen molar-refractivity contribution >= 4 is 28.9 Å². The Bertz CT molecular complexity index is 736. The van der Waals surface area contributed by atoms with Gasteiger partial charge in [-0.05, 0) is 57.9 Å². The molecule has 1 heterocycles. The predicted octanol–water partition coefficient (Wildman–Crippen LogP) is 3.72. The van der Waals surface area contributed by atoms with Crippen molar-refractivity contribution in [3.05, 3.63) is 36.2 Å². The van der Waals surface area contributed by atoms with E-state index >= 15 is 0 Å². The molecule has 3 rings (SSSR count). The lowest BCUT2D eigenvalue weighted by molar-refractivity contribution is -0.117. The molecule has 0 saturated heterocycles. The van der Waals surface area contributed by atoms with Crippen LogP contribution in [0.3, 0.4) is 0 Å². The lowest BCUT2D eigenvalue weighted by atomic mass is 10.2. The van der Waals surface area contributed by atoms with Crippen LogP contribution in [-0.4, -0.2) is 29.0 Å². The molecule has 6 nitrogen and oxygen atoms in total. The molecule has 0 unspecified atom stereocenters. The molecule has 1 aromatic heterocycles. The summed E-state index contributed by atoms with van der Waals surface area (Å²) in [5, 5.41) is 6.26. The van der Waals surface area contributed by atoms with Crippen LogP contribution < -0.4 is 15.5 Å². The minimum Gasteiger partial charge on any atom is -0.357 e. The topological polar surface area (TPSA) is 70.2 Å². The second-order valence-electron chi connectivity index (χ2n) is 6.30. The number of carbonyl (C=O) groups is 1. The van der Waals surface area contributed by atoms with Gasteiger partial charge in [-0.1, -0.05) is 0 Å². The Kier molecular flexibility index (Phi) is 5.16. The monoisotopic (exact) mass is 339 g/mol. The van der Waals surface area contributed by atoms with Gasteiger partial charge in [0.05, 0.1) is 0 Å². The average molecular weight is 339 g/mol. The van der Waals surface area contributed by atoms with E-state index in [1.54, 1.807) is 0 Å². The fourth-order valence-electron chi connectivity index (χ4n) is 2.70. The quantitative estimate of drug-likeness (QED) is 0.804. The van der Waals surface area contributed by atoms with Crippen molar-refractivity contribution in [1.29, 1.82) is 0 Å². The van der Waals surface area contributed by atoms with Gasteiger partial charge in [0.15, 0.2) is 0 Å². The number of nitrogens with one attached hydrogen (secondary N) is 2. The maximum absolute atomic E-state index is 11.8. The van der Waals surface area contributed by atoms with Gasteiger partial charge in [0.1, 0.15) is 17.5 Å². The van der Waals surface area contributed by atoms with Crippen LogP contribution in [0.2, 0.25) is 0 Å². The molecule has 132 valence electrons. The van der Waals surface area contributed by atoms with Crippen LogP contribution in [0.4, 0.5) is 23.0 Å². The number of amides is 1. The standard InChI is InChI=1S/C19H25N5O/c1-4-24(5-2)18-12-17(20-13(3)21-18)22-15-8-10-16(11-9-15)23-19(25)14-6-7-14/h8-12,14H,4-7H2,1-3H3,(H,23,25)(H,20,21,22). The number of carbonyl (C=O) groups excluding carboxylic acids is 1. The molecule has 0 aliphatic heterocycles. The molecule has 1 amide bonds. The molecule has 2 aromatic rings. The molecular weight excluding hydrogens is 314 g/mol. The molecule has 0 bridgehead atoms. The molecule has 2 N–H and O–H groups in total. The Morgan fingerprint density at radius 3 is 2.36 bits per heavy atom. The van der Waals surface area contributed by atoms with Crippen molar-refractivity contribution in [1.82, 2.24) is 9.97 Å². The molecule has 1 aromatic carbocycles. The highest BCUT2D eigenvalue weighted by Crippen LogP contribution is 2.30. The minimum absolute atomic E-state index is 0.121. The van der Waals surface area contributed by atoms with Crippen LogP contribution in [0.5, 0.6) is 0 Å². The molecule has 0 spiro atoms. The van der Waals surface area contributed by atoms with E-state index < -0.39 is 0 Å². The Balaban J connectivity index is 1.70. The zero-order valence-corrected chi connectivity index (χ0v) is 15.0. The molecule has 1 aliphatic rings. The first-order valence-electron chi connectivity index (χ1n) is 8.87. The normalized spacial score (nSPS) is 13.4. The van der Waals surface area contributed by atoms with Crippen molar-refractivity contribution < 1.29 is 4.79 Å². The molecule has 1 fully saturated rings. The predicted molar refractivity (Wildman–Crippen MR) is 101 cm³/mol. The largest absolute Gasteiger partial charge is 0.357 e. The van der Waals surface area contributed by atoms with Crippen LogP contribution in [0.1, 0.15) is 32.5 Å². The summed E-state index contributed by atoms with van der Waals surface area (Å²) in [7, 11) is 0. The number of hydrogen-bond donors (Lipinski definition) is 2. The Labute approximate surface area is 148 Å². The van der Waals surface area contributed by atoms with Crippen molar-refractivity contribution in [3.8, 4) is 0 Å². The van der Waals surface area contributed by atoms with Crippen molar-refractivity contribution in [3.63, 3.8) is 0 Å². The first-order chi connectivity index (χ1) is 12.1. The van der Waals surface area contributed by atoms with Gasteiger partial charge in [-0.2, -0.15) is 0 Å². The van der Waals surface area contributed by atoms with Crippen molar-refractivity contribution in [2.45, 2.75) is 33.6 Å². The van der Waals surface area contributed by atoms with Gasteiger partial charge in [-0.3, -0.25) is 4.79 Å². The van der Waals surface area contributed by atoms with Gasteiger partial charge in [-0.25, -0.2) is 9.97 Å². The summed E-state index contributed by atoms with van der Waals surface area (Å²) >= 11 is 0. The zero-order valence-electron chi connectivity index (χ0n) is 15.0. The van der Waals surface area contributed by atoms with E-state index in [0.29, 0.717) is 0 Å². The Hall–Kier alpha value is -2.63. The van der Waals surface area contributed by atoms with Crippen molar-refractivity contribution in [2.75, 3.05) is 28.6 Å². The van der Waals surface area contributed by atoms with Crippen LogP contribution >= 0.6 is 0 Å². The number of aryl methyl sites for hydroxylation is 1. The Morgan fingerprint density at radius 1 is 1.12 bits per heavy atom. The van der Waals surface area contributed by atoms with E-state index in [1.165, 1.54) is 0 Å². The second-order valence-corrected chi connectivity index (χ2v) is 6.30. The highest BCUT2D eigenvalue weighted by Gasteiger charge is 2.29. The number of nitrogens with zero attached hydrogens (tertiary/aromatic N) is 3. The SMILES string of the molecule is CCN(CC)c1cc(Nc2ccc(NC(=O)C3CC3)cc2)nc(C)n1. The third-order valence-electron chi connectivity index (χ3n) is 4.28. The summed E-state index contributed by atoms with van der Waals surface area (Å²) in [5.74, 6) is 2.76. The number of aromatic nitrogens is 2. The van der Waals surface area contributed by atoms with E-state index in [0.717, 1.165) is 54.8 Å². The highest BCUT2D eigenvalue weighted by atomic mass is 16.2. The summed E-state index contributed by atoms with van der Waals surface area (Å²) in [4.78, 5) is 23.0. The number of hydrogen-bond acceptors (Lipinski definition) is 5. The Morgan fingerprint density at radius 2 is 1.76 bits per heavy atom. The fraction of sp³-hybridized carbons (Fsp3) is 0.421. The minimum atomic E-state index is 0.121. The molecule has 6 heteroatoms. The number of rotatable bonds is 7. The molecule has 1 aliphatic carbocycles. The lowest BCUT2D eigenvalue weighted by Crippen LogP contribution is -2.23. The van der Waals surface area contributed by atoms with E-state index in [4.69, 9.17) is 0 Å². The molecule has 1 saturated carbocycles. The molecular formula is C19H25N5O. The number of benzene rings is 1. The summed E-state index contributed by atoms with van der Waals surface area (Å²) < 4.78 is 0. The van der Waals surface area contributed by atoms with Gasteiger partial charge in [0.2, 0.25) is 5.91 Å². The lowest BCUT2D eigenvalue weighted by Gasteiger charge is -2.20. The molecule has 0 radical (unpaired) electrons. The summed E-state index contributed by atoms with van der Waals surface area (Å²) in [6, 6.07) is 9.65. The second kappa shape index (κ2) is 7.51. The average Bonchev–Trinajstić information content (AvgIpc) is 3.42. The highest BCUT2D eigenvalue weighted by molar-refractivity contribution is 5.94. The first-order valence-corrected chi connectivity index (χ1v) is 8.87. The van der Waals surface area contributed by atoms with Gasteiger partial charge < -0.3 is 15.5 Å². The summed E-state index contributed by atoms with van der Waals surface area (Å²) in [6.07, 6.45) is 2.01.